The van der Waals surface area contributed by atoms with E-state index >= 15 is 0 Å². The van der Waals surface area contributed by atoms with Gasteiger partial charge in [-0.05, 0) is 33.1 Å². The van der Waals surface area contributed by atoms with Crippen LogP contribution in [0.1, 0.15) is 33.1 Å². The molecule has 11 heavy (non-hydrogen) atoms. The Kier molecular flexibility index (Phi) is 2.47. The highest BCUT2D eigenvalue weighted by Gasteiger charge is 2.30. The predicted octanol–water partition coefficient (Wildman–Crippen LogP) is 2.06. The van der Waals surface area contributed by atoms with Crippen LogP contribution in [0.15, 0.2) is 0 Å². The minimum Gasteiger partial charge on any atom is -0.461 e. The van der Waals surface area contributed by atoms with Crippen LogP contribution in [0.3, 0.4) is 0 Å². The van der Waals surface area contributed by atoms with E-state index in [1.807, 2.05) is 0 Å². The normalized spacial score (nSPS) is 19.2. The summed E-state index contributed by atoms with van der Waals surface area (Å²) in [5, 5.41) is 0. The number of hydrogen-bond donors (Lipinski definition) is 0. The molecule has 0 unspecified atom stereocenters. The van der Waals surface area contributed by atoms with Gasteiger partial charge in [0.1, 0.15) is 10.9 Å². The Bertz CT molecular complexity index is 156. The average Bonchev–Trinajstić information content (AvgIpc) is 1.75. The molecule has 0 aromatic heterocycles. The molecule has 0 N–H and O–H groups in total. The Labute approximate surface area is 72.7 Å². The first-order valence-corrected chi connectivity index (χ1v) is 4.32. The van der Waals surface area contributed by atoms with Gasteiger partial charge in [0.05, 0.1) is 0 Å². The van der Waals surface area contributed by atoms with Crippen LogP contribution in [0.2, 0.25) is 0 Å². The molecular weight excluding hydrogens is 160 g/mol. The molecule has 1 aliphatic carbocycles. The lowest BCUT2D eigenvalue weighted by Gasteiger charge is -2.27. The van der Waals surface area contributed by atoms with Gasteiger partial charge in [0.25, 0.3) is 0 Å². The van der Waals surface area contributed by atoms with E-state index in [1.54, 1.807) is 13.8 Å². The molecule has 2 nitrogen and oxygen atoms in total. The molecule has 1 fully saturated rings. The smallest absolute Gasteiger partial charge is 0.322 e. The van der Waals surface area contributed by atoms with E-state index in [4.69, 9.17) is 17.4 Å². The highest BCUT2D eigenvalue weighted by molar-refractivity contribution is 7.82. The average molecular weight is 173 g/mol. The summed E-state index contributed by atoms with van der Waals surface area (Å²) >= 11 is 4.92. The monoisotopic (exact) mass is 173 g/mol. The molecule has 63 valence electrons. The van der Waals surface area contributed by atoms with Gasteiger partial charge in [-0.15, -0.1) is 0 Å². The highest BCUT2D eigenvalue weighted by Crippen LogP contribution is 2.25. The van der Waals surface area contributed by atoms with Crippen LogP contribution in [-0.2, 0) is 9.53 Å². The van der Waals surface area contributed by atoms with Crippen molar-refractivity contribution in [3.8, 4) is 0 Å². The molecule has 0 spiro atoms. The molecule has 1 rings (SSSR count). The fourth-order valence-electron chi connectivity index (χ4n) is 0.782. The van der Waals surface area contributed by atoms with Gasteiger partial charge in [0, 0.05) is 0 Å². The zero-order chi connectivity index (χ0) is 8.48. The van der Waals surface area contributed by atoms with Gasteiger partial charge in [-0.25, -0.2) is 0 Å². The molecule has 0 bridgehead atoms. The lowest BCUT2D eigenvalue weighted by molar-refractivity contribution is -0.154. The summed E-state index contributed by atoms with van der Waals surface area (Å²) in [7, 11) is 0. The Morgan fingerprint density at radius 3 is 2.36 bits per heavy atom. The van der Waals surface area contributed by atoms with Gasteiger partial charge in [-0.2, -0.15) is 0 Å². The third-order valence-corrected chi connectivity index (χ3v) is 1.98. The second-order valence-corrected chi connectivity index (χ2v) is 4.49. The quantitative estimate of drug-likeness (QED) is 0.597. The van der Waals surface area contributed by atoms with Gasteiger partial charge in [0.2, 0.25) is 0 Å². The molecule has 0 aromatic rings. The van der Waals surface area contributed by atoms with Crippen molar-refractivity contribution in [2.45, 2.75) is 44.0 Å². The number of carbonyl (C=O) groups excluding carboxylic acids is 1. The Hall–Kier alpha value is -0.180. The van der Waals surface area contributed by atoms with Crippen LogP contribution >= 0.6 is 12.6 Å². The highest BCUT2D eigenvalue weighted by atomic mass is 32.1. The van der Waals surface area contributed by atoms with Crippen molar-refractivity contribution < 1.29 is 9.53 Å². The van der Waals surface area contributed by atoms with Crippen LogP contribution in [0.4, 0.5) is 0 Å². The van der Waals surface area contributed by atoms with Crippen molar-refractivity contribution in [3.63, 3.8) is 0 Å². The zero-order valence-corrected chi connectivity index (χ0v) is 7.74. The number of hydrogen-bond acceptors (Lipinski definition) is 2. The molecule has 1 aliphatic rings. The molecule has 3 heteroatoms. The number of rotatable bonds is 2. The number of esters is 1. The van der Waals surface area contributed by atoms with Crippen molar-refractivity contribution >= 4 is 18.6 Å². The first-order valence-electron chi connectivity index (χ1n) is 3.91. The minimum absolute atomic E-state index is 0.157. The van der Waals surface area contributed by atoms with Gasteiger partial charge < -0.3 is 4.74 Å². The van der Waals surface area contributed by atoms with Crippen LogP contribution in [0, 0.1) is 0 Å². The molecule has 0 aromatic carbocycles. The first kappa shape index (κ1) is 8.91. The Morgan fingerprint density at radius 1 is 1.55 bits per heavy atom. The van der Waals surface area contributed by atoms with Crippen LogP contribution < -0.4 is 0 Å². The minimum atomic E-state index is -0.754. The van der Waals surface area contributed by atoms with E-state index in [0.717, 1.165) is 12.8 Å². The van der Waals surface area contributed by atoms with Crippen molar-refractivity contribution in [2.24, 2.45) is 0 Å². The van der Waals surface area contributed by atoms with Crippen molar-refractivity contribution in [1.29, 1.82) is 0 Å². The third-order valence-electron chi connectivity index (χ3n) is 1.82. The fourth-order valence-corrected chi connectivity index (χ4v) is 0.830. The molecule has 0 aliphatic heterocycles. The van der Waals surface area contributed by atoms with Crippen LogP contribution in [0.25, 0.3) is 0 Å². The fraction of sp³-hybridized carbons (Fsp3) is 0.875. The lowest BCUT2D eigenvalue weighted by atomic mass is 9.96. The maximum atomic E-state index is 11.1. The first-order chi connectivity index (χ1) is 5.00. The second kappa shape index (κ2) is 3.05. The summed E-state index contributed by atoms with van der Waals surface area (Å²) in [5.41, 5.74) is 0. The molecule has 1 radical (unpaired) electrons. The third kappa shape index (κ3) is 2.40. The van der Waals surface area contributed by atoms with E-state index in [1.165, 1.54) is 6.42 Å². The second-order valence-electron chi connectivity index (χ2n) is 3.47. The van der Waals surface area contributed by atoms with Crippen molar-refractivity contribution in [3.05, 3.63) is 0 Å². The standard InChI is InChI=1S/C8H13O2S/c1-8(2,11)7(9)10-6-4-3-5-6/h6H,3-5H2,1-2H3. The van der Waals surface area contributed by atoms with E-state index < -0.39 is 4.75 Å². The molecule has 0 heterocycles. The largest absolute Gasteiger partial charge is 0.461 e. The molecular formula is C8H13O2S. The maximum absolute atomic E-state index is 11.1. The van der Waals surface area contributed by atoms with Crippen molar-refractivity contribution in [1.82, 2.24) is 0 Å². The molecule has 1 saturated carbocycles. The number of carbonyl (C=O) groups is 1. The SMILES string of the molecule is CC(C)([S])C(=O)OC1CCC1. The van der Waals surface area contributed by atoms with E-state index in [-0.39, 0.29) is 12.1 Å². The summed E-state index contributed by atoms with van der Waals surface area (Å²) in [6, 6.07) is 0. The summed E-state index contributed by atoms with van der Waals surface area (Å²) < 4.78 is 4.35. The van der Waals surface area contributed by atoms with Crippen LogP contribution in [-0.4, -0.2) is 16.8 Å². The summed E-state index contributed by atoms with van der Waals surface area (Å²) in [6.45, 7) is 3.40. The lowest BCUT2D eigenvalue weighted by Crippen LogP contribution is -2.34. The predicted molar refractivity (Wildman–Crippen MR) is 45.4 cm³/mol. The summed E-state index contributed by atoms with van der Waals surface area (Å²) in [6.07, 6.45) is 3.36. The van der Waals surface area contributed by atoms with Gasteiger partial charge in [0.15, 0.2) is 0 Å². The van der Waals surface area contributed by atoms with Crippen molar-refractivity contribution in [2.75, 3.05) is 0 Å². The van der Waals surface area contributed by atoms with E-state index in [9.17, 15) is 4.79 Å². The van der Waals surface area contributed by atoms with E-state index in [0.29, 0.717) is 0 Å². The van der Waals surface area contributed by atoms with E-state index in [2.05, 4.69) is 0 Å². The maximum Gasteiger partial charge on any atom is 0.322 e. The summed E-state index contributed by atoms with van der Waals surface area (Å²) in [4.78, 5) is 11.1. The van der Waals surface area contributed by atoms with Gasteiger partial charge in [-0.1, -0.05) is 12.6 Å². The number of ether oxygens (including phenoxy) is 1. The Balaban J connectivity index is 2.30. The molecule has 0 amide bonds. The Morgan fingerprint density at radius 2 is 2.09 bits per heavy atom. The summed E-state index contributed by atoms with van der Waals surface area (Å²) in [5.74, 6) is -0.253. The molecule has 0 atom stereocenters. The molecule has 0 saturated heterocycles. The van der Waals surface area contributed by atoms with Gasteiger partial charge >= 0.3 is 5.97 Å². The van der Waals surface area contributed by atoms with Crippen LogP contribution in [0.5, 0.6) is 0 Å². The van der Waals surface area contributed by atoms with Gasteiger partial charge in [-0.3, -0.25) is 4.79 Å². The zero-order valence-electron chi connectivity index (χ0n) is 6.92. The topological polar surface area (TPSA) is 26.3 Å².